The summed E-state index contributed by atoms with van der Waals surface area (Å²) >= 11 is 0. The lowest BCUT2D eigenvalue weighted by Gasteiger charge is -2.15. The van der Waals surface area contributed by atoms with Gasteiger partial charge in [0.2, 0.25) is 5.91 Å². The molecule has 0 saturated heterocycles. The number of hydrogen-bond acceptors (Lipinski definition) is 3. The zero-order chi connectivity index (χ0) is 19.1. The summed E-state index contributed by atoms with van der Waals surface area (Å²) in [6.45, 7) is 0.323. The molecule has 26 heavy (non-hydrogen) atoms. The van der Waals surface area contributed by atoms with Gasteiger partial charge in [-0.1, -0.05) is 18.2 Å². The molecule has 2 aromatic carbocycles. The number of benzene rings is 2. The number of nitrogens with one attached hydrogen (secondary N) is 2. The maximum absolute atomic E-state index is 13.9. The zero-order valence-corrected chi connectivity index (χ0v) is 14.7. The third kappa shape index (κ3) is 5.27. The average molecular weight is 361 g/mol. The minimum absolute atomic E-state index is 0.0592. The van der Waals surface area contributed by atoms with Crippen LogP contribution in [0.25, 0.3) is 0 Å². The van der Waals surface area contributed by atoms with Crippen LogP contribution in [-0.2, 0) is 4.79 Å². The van der Waals surface area contributed by atoms with E-state index < -0.39 is 11.6 Å². The molecule has 7 heteroatoms. The van der Waals surface area contributed by atoms with E-state index in [-0.39, 0.29) is 29.6 Å². The van der Waals surface area contributed by atoms with Gasteiger partial charge in [-0.2, -0.15) is 0 Å². The van der Waals surface area contributed by atoms with E-state index in [4.69, 9.17) is 0 Å². The number of hydrogen-bond donors (Lipinski definition) is 2. The molecule has 2 rings (SSSR count). The van der Waals surface area contributed by atoms with Crippen LogP contribution in [0.1, 0.15) is 23.2 Å². The summed E-state index contributed by atoms with van der Waals surface area (Å²) in [6, 6.07) is 10.9. The highest BCUT2D eigenvalue weighted by molar-refractivity contribution is 5.94. The SMILES string of the molecule is CN(C)c1c(F)cc(NC(=O)CCCNC(=O)c2ccccc2)cc1F. The fourth-order valence-electron chi connectivity index (χ4n) is 2.43. The summed E-state index contributed by atoms with van der Waals surface area (Å²) < 4.78 is 27.8. The Bertz CT molecular complexity index is 757. The van der Waals surface area contributed by atoms with E-state index in [1.807, 2.05) is 6.07 Å². The van der Waals surface area contributed by atoms with Gasteiger partial charge in [0.1, 0.15) is 5.69 Å². The third-order valence-corrected chi connectivity index (χ3v) is 3.65. The fraction of sp³-hybridized carbons (Fsp3) is 0.263. The summed E-state index contributed by atoms with van der Waals surface area (Å²) in [5, 5.41) is 5.17. The standard InChI is InChI=1S/C19H21F2N3O2/c1-24(2)18-15(20)11-14(12-16(18)21)23-17(25)9-6-10-22-19(26)13-7-4-3-5-8-13/h3-5,7-8,11-12H,6,9-10H2,1-2H3,(H,22,26)(H,23,25). The van der Waals surface area contributed by atoms with Gasteiger partial charge in [-0.05, 0) is 30.7 Å². The molecule has 2 amide bonds. The summed E-state index contributed by atoms with van der Waals surface area (Å²) in [6.07, 6.45) is 0.527. The van der Waals surface area contributed by atoms with Gasteiger partial charge in [0.05, 0.1) is 0 Å². The number of rotatable bonds is 7. The van der Waals surface area contributed by atoms with Crippen molar-refractivity contribution in [2.45, 2.75) is 12.8 Å². The van der Waals surface area contributed by atoms with E-state index in [9.17, 15) is 18.4 Å². The van der Waals surface area contributed by atoms with Crippen LogP contribution < -0.4 is 15.5 Å². The molecule has 5 nitrogen and oxygen atoms in total. The van der Waals surface area contributed by atoms with E-state index >= 15 is 0 Å². The maximum atomic E-state index is 13.9. The lowest BCUT2D eigenvalue weighted by Crippen LogP contribution is -2.25. The van der Waals surface area contributed by atoms with Gasteiger partial charge in [-0.15, -0.1) is 0 Å². The van der Waals surface area contributed by atoms with Crippen LogP contribution in [0, 0.1) is 11.6 Å². The minimum Gasteiger partial charge on any atom is -0.373 e. The molecule has 0 aliphatic heterocycles. The van der Waals surface area contributed by atoms with Gasteiger partial charge in [0, 0.05) is 38.3 Å². The maximum Gasteiger partial charge on any atom is 0.251 e. The van der Waals surface area contributed by atoms with Crippen molar-refractivity contribution in [1.82, 2.24) is 5.32 Å². The van der Waals surface area contributed by atoms with Crippen LogP contribution in [0.5, 0.6) is 0 Å². The number of carbonyl (C=O) groups excluding carboxylic acids is 2. The van der Waals surface area contributed by atoms with Crippen molar-refractivity contribution in [2.75, 3.05) is 30.9 Å². The Morgan fingerprint density at radius 1 is 1.04 bits per heavy atom. The van der Waals surface area contributed by atoms with Gasteiger partial charge in [0.25, 0.3) is 5.91 Å². The molecule has 0 aliphatic carbocycles. The van der Waals surface area contributed by atoms with Crippen molar-refractivity contribution in [2.24, 2.45) is 0 Å². The Kier molecular flexibility index (Phi) is 6.66. The van der Waals surface area contributed by atoms with Gasteiger partial charge in [-0.25, -0.2) is 8.78 Å². The number of nitrogens with zero attached hydrogens (tertiary/aromatic N) is 1. The molecule has 2 N–H and O–H groups in total. The van der Waals surface area contributed by atoms with Gasteiger partial charge >= 0.3 is 0 Å². The smallest absolute Gasteiger partial charge is 0.251 e. The molecule has 0 spiro atoms. The molecular formula is C19H21F2N3O2. The van der Waals surface area contributed by atoms with Crippen molar-refractivity contribution >= 4 is 23.2 Å². The van der Waals surface area contributed by atoms with Crippen molar-refractivity contribution in [1.29, 1.82) is 0 Å². The lowest BCUT2D eigenvalue weighted by atomic mass is 10.2. The highest BCUT2D eigenvalue weighted by Crippen LogP contribution is 2.25. The van der Waals surface area contributed by atoms with E-state index in [2.05, 4.69) is 10.6 Å². The van der Waals surface area contributed by atoms with Crippen molar-refractivity contribution in [3.8, 4) is 0 Å². The molecule has 2 aromatic rings. The van der Waals surface area contributed by atoms with Crippen LogP contribution >= 0.6 is 0 Å². The largest absolute Gasteiger partial charge is 0.373 e. The van der Waals surface area contributed by atoms with Crippen LogP contribution in [0.4, 0.5) is 20.2 Å². The average Bonchev–Trinajstić information content (AvgIpc) is 2.58. The van der Waals surface area contributed by atoms with Crippen LogP contribution in [0.15, 0.2) is 42.5 Å². The van der Waals surface area contributed by atoms with Crippen molar-refractivity contribution in [3.63, 3.8) is 0 Å². The molecule has 0 aromatic heterocycles. The Balaban J connectivity index is 1.80. The molecule has 0 bridgehead atoms. The Morgan fingerprint density at radius 3 is 2.23 bits per heavy atom. The predicted octanol–water partition coefficient (Wildman–Crippen LogP) is 3.18. The predicted molar refractivity (Wildman–Crippen MR) is 97.3 cm³/mol. The quantitative estimate of drug-likeness (QED) is 0.745. The summed E-state index contributed by atoms with van der Waals surface area (Å²) in [5.74, 6) is -2.09. The lowest BCUT2D eigenvalue weighted by molar-refractivity contribution is -0.116. The highest BCUT2D eigenvalue weighted by Gasteiger charge is 2.14. The highest BCUT2D eigenvalue weighted by atomic mass is 19.1. The molecule has 0 saturated carbocycles. The normalized spacial score (nSPS) is 10.3. The first-order chi connectivity index (χ1) is 12.4. The van der Waals surface area contributed by atoms with Crippen LogP contribution in [0.2, 0.25) is 0 Å². The second kappa shape index (κ2) is 8.94. The fourth-order valence-corrected chi connectivity index (χ4v) is 2.43. The van der Waals surface area contributed by atoms with Gasteiger partial charge in [0.15, 0.2) is 11.6 Å². The molecule has 0 aliphatic rings. The Labute approximate surface area is 151 Å². The van der Waals surface area contributed by atoms with Gasteiger partial charge < -0.3 is 15.5 Å². The van der Waals surface area contributed by atoms with E-state index in [0.717, 1.165) is 12.1 Å². The molecular weight excluding hydrogens is 340 g/mol. The summed E-state index contributed by atoms with van der Waals surface area (Å²) in [7, 11) is 3.06. The monoisotopic (exact) mass is 361 g/mol. The zero-order valence-electron chi connectivity index (χ0n) is 14.7. The van der Waals surface area contributed by atoms with E-state index in [1.165, 1.54) is 19.0 Å². The molecule has 0 radical (unpaired) electrons. The van der Waals surface area contributed by atoms with Crippen LogP contribution in [-0.4, -0.2) is 32.5 Å². The molecule has 0 atom stereocenters. The summed E-state index contributed by atoms with van der Waals surface area (Å²) in [5.41, 5.74) is 0.444. The second-order valence-corrected chi connectivity index (χ2v) is 5.96. The third-order valence-electron chi connectivity index (χ3n) is 3.65. The minimum atomic E-state index is -0.750. The molecule has 138 valence electrons. The van der Waals surface area contributed by atoms with Crippen molar-refractivity contribution in [3.05, 3.63) is 59.7 Å². The first kappa shape index (κ1) is 19.4. The Morgan fingerprint density at radius 2 is 1.65 bits per heavy atom. The second-order valence-electron chi connectivity index (χ2n) is 5.96. The van der Waals surface area contributed by atoms with E-state index in [0.29, 0.717) is 18.5 Å². The Hall–Kier alpha value is -2.96. The number of carbonyl (C=O) groups is 2. The molecule has 0 unspecified atom stereocenters. The topological polar surface area (TPSA) is 61.4 Å². The first-order valence-corrected chi connectivity index (χ1v) is 8.18. The number of halogens is 2. The van der Waals surface area contributed by atoms with E-state index in [1.54, 1.807) is 24.3 Å². The number of amides is 2. The van der Waals surface area contributed by atoms with Crippen molar-refractivity contribution < 1.29 is 18.4 Å². The first-order valence-electron chi connectivity index (χ1n) is 8.18. The number of anilines is 2. The molecule has 0 fully saturated rings. The molecule has 0 heterocycles. The van der Waals surface area contributed by atoms with Gasteiger partial charge in [-0.3, -0.25) is 9.59 Å². The summed E-state index contributed by atoms with van der Waals surface area (Å²) in [4.78, 5) is 25.1. The van der Waals surface area contributed by atoms with Crippen LogP contribution in [0.3, 0.4) is 0 Å².